The minimum atomic E-state index is -0.306. The summed E-state index contributed by atoms with van der Waals surface area (Å²) in [5.41, 5.74) is 7.14. The van der Waals surface area contributed by atoms with E-state index in [1.165, 1.54) is 0 Å². The second kappa shape index (κ2) is 7.15. The SMILES string of the molecule is CCn1c(N2CCCC2)c(/N=C2/C=C(C)C(=O)C(Cl)=C2N)c(=O)n1CC. The molecule has 0 spiro atoms. The summed E-state index contributed by atoms with van der Waals surface area (Å²) >= 11 is 6.06. The van der Waals surface area contributed by atoms with Gasteiger partial charge in [-0.3, -0.25) is 14.3 Å². The number of hydrogen-bond donors (Lipinski definition) is 1. The third kappa shape index (κ3) is 2.90. The lowest BCUT2D eigenvalue weighted by Crippen LogP contribution is -2.25. The van der Waals surface area contributed by atoms with Gasteiger partial charge in [0.1, 0.15) is 5.03 Å². The van der Waals surface area contributed by atoms with Gasteiger partial charge in [0, 0.05) is 31.8 Å². The van der Waals surface area contributed by atoms with Crippen molar-refractivity contribution in [1.29, 1.82) is 0 Å². The summed E-state index contributed by atoms with van der Waals surface area (Å²) in [5.74, 6) is 0.510. The fraction of sp³-hybridized carbons (Fsp3) is 0.500. The van der Waals surface area contributed by atoms with E-state index in [0.29, 0.717) is 30.1 Å². The first-order chi connectivity index (χ1) is 12.4. The number of aliphatic imine (C=N–C) groups is 1. The largest absolute Gasteiger partial charge is 0.396 e. The number of Topliss-reactive ketones (excluding diaryl/α,β-unsaturated/α-hetero) is 1. The molecule has 1 saturated heterocycles. The van der Waals surface area contributed by atoms with E-state index in [2.05, 4.69) is 9.89 Å². The topological polar surface area (TPSA) is 85.6 Å². The molecule has 1 aromatic rings. The molecule has 1 aromatic heterocycles. The van der Waals surface area contributed by atoms with Crippen molar-refractivity contribution in [3.05, 3.63) is 32.7 Å². The number of nitrogens with two attached hydrogens (primary N) is 1. The maximum Gasteiger partial charge on any atom is 0.294 e. The molecule has 0 saturated carbocycles. The first-order valence-electron chi connectivity index (χ1n) is 8.96. The average Bonchev–Trinajstić information content (AvgIpc) is 3.24. The van der Waals surface area contributed by atoms with E-state index in [-0.39, 0.29) is 22.1 Å². The lowest BCUT2D eigenvalue weighted by molar-refractivity contribution is -0.111. The summed E-state index contributed by atoms with van der Waals surface area (Å²) < 4.78 is 3.66. The Hall–Kier alpha value is -2.28. The molecule has 0 radical (unpaired) electrons. The van der Waals surface area contributed by atoms with E-state index in [1.807, 2.05) is 18.5 Å². The van der Waals surface area contributed by atoms with Gasteiger partial charge in [-0.1, -0.05) is 11.6 Å². The molecule has 2 N–H and O–H groups in total. The van der Waals surface area contributed by atoms with Crippen LogP contribution in [-0.4, -0.2) is 33.9 Å². The highest BCUT2D eigenvalue weighted by Gasteiger charge is 2.27. The monoisotopic (exact) mass is 377 g/mol. The summed E-state index contributed by atoms with van der Waals surface area (Å²) in [6, 6.07) is 0. The highest BCUT2D eigenvalue weighted by atomic mass is 35.5. The number of rotatable bonds is 4. The van der Waals surface area contributed by atoms with Crippen LogP contribution in [0.5, 0.6) is 0 Å². The van der Waals surface area contributed by atoms with E-state index in [1.54, 1.807) is 17.7 Å². The van der Waals surface area contributed by atoms with E-state index >= 15 is 0 Å². The van der Waals surface area contributed by atoms with Gasteiger partial charge in [-0.05, 0) is 39.7 Å². The minimum absolute atomic E-state index is 0.0442. The quantitative estimate of drug-likeness (QED) is 0.816. The number of carbonyl (C=O) groups excluding carboxylic acids is 1. The number of nitrogens with zero attached hydrogens (tertiary/aromatic N) is 4. The normalized spacial score (nSPS) is 19.7. The fourth-order valence-electron chi connectivity index (χ4n) is 3.51. The molecular weight excluding hydrogens is 354 g/mol. The first kappa shape index (κ1) is 18.5. The van der Waals surface area contributed by atoms with Crippen molar-refractivity contribution >= 4 is 34.6 Å². The molecule has 26 heavy (non-hydrogen) atoms. The van der Waals surface area contributed by atoms with Crippen molar-refractivity contribution in [2.75, 3.05) is 18.0 Å². The van der Waals surface area contributed by atoms with Gasteiger partial charge in [0.05, 0.1) is 11.4 Å². The van der Waals surface area contributed by atoms with Crippen molar-refractivity contribution < 1.29 is 4.79 Å². The van der Waals surface area contributed by atoms with Crippen LogP contribution in [0.25, 0.3) is 0 Å². The molecule has 140 valence electrons. The molecule has 7 nitrogen and oxygen atoms in total. The van der Waals surface area contributed by atoms with Gasteiger partial charge in [0.25, 0.3) is 5.56 Å². The fourth-order valence-corrected chi connectivity index (χ4v) is 3.75. The van der Waals surface area contributed by atoms with Crippen LogP contribution in [0.1, 0.15) is 33.6 Å². The molecule has 3 rings (SSSR count). The minimum Gasteiger partial charge on any atom is -0.396 e. The summed E-state index contributed by atoms with van der Waals surface area (Å²) in [6.07, 6.45) is 3.77. The molecule has 1 aliphatic carbocycles. The van der Waals surface area contributed by atoms with Crippen LogP contribution in [0.4, 0.5) is 11.5 Å². The zero-order valence-electron chi connectivity index (χ0n) is 15.4. The third-order valence-electron chi connectivity index (χ3n) is 4.84. The average molecular weight is 378 g/mol. The Morgan fingerprint density at radius 1 is 1.15 bits per heavy atom. The van der Waals surface area contributed by atoms with Crippen molar-refractivity contribution in [3.63, 3.8) is 0 Å². The first-order valence-corrected chi connectivity index (χ1v) is 9.34. The zero-order valence-corrected chi connectivity index (χ0v) is 16.1. The maximum absolute atomic E-state index is 13.0. The predicted octanol–water partition coefficient (Wildman–Crippen LogP) is 2.30. The van der Waals surface area contributed by atoms with Crippen LogP contribution in [-0.2, 0) is 17.9 Å². The van der Waals surface area contributed by atoms with Crippen LogP contribution in [0.2, 0.25) is 0 Å². The van der Waals surface area contributed by atoms with Crippen LogP contribution < -0.4 is 16.2 Å². The molecule has 2 heterocycles. The lowest BCUT2D eigenvalue weighted by atomic mass is 10.0. The smallest absolute Gasteiger partial charge is 0.294 e. The lowest BCUT2D eigenvalue weighted by Gasteiger charge is -2.21. The van der Waals surface area contributed by atoms with Crippen molar-refractivity contribution in [1.82, 2.24) is 9.36 Å². The Morgan fingerprint density at radius 3 is 2.35 bits per heavy atom. The molecular formula is C18H24ClN5O2. The second-order valence-electron chi connectivity index (χ2n) is 6.48. The Kier molecular flexibility index (Phi) is 5.09. The highest BCUT2D eigenvalue weighted by Crippen LogP contribution is 2.31. The molecule has 1 fully saturated rings. The van der Waals surface area contributed by atoms with Crippen LogP contribution in [0.15, 0.2) is 32.2 Å². The third-order valence-corrected chi connectivity index (χ3v) is 5.22. The summed E-state index contributed by atoms with van der Waals surface area (Å²) in [4.78, 5) is 31.7. The van der Waals surface area contributed by atoms with Gasteiger partial charge in [0.15, 0.2) is 11.5 Å². The van der Waals surface area contributed by atoms with Gasteiger partial charge in [0.2, 0.25) is 5.78 Å². The molecule has 0 atom stereocenters. The Bertz CT molecular complexity index is 897. The van der Waals surface area contributed by atoms with E-state index < -0.39 is 0 Å². The predicted molar refractivity (Wildman–Crippen MR) is 104 cm³/mol. The molecule has 0 aromatic carbocycles. The van der Waals surface area contributed by atoms with Gasteiger partial charge >= 0.3 is 0 Å². The second-order valence-corrected chi connectivity index (χ2v) is 6.86. The van der Waals surface area contributed by atoms with E-state index in [9.17, 15) is 9.59 Å². The number of carbonyl (C=O) groups is 1. The van der Waals surface area contributed by atoms with Crippen molar-refractivity contribution in [2.45, 2.75) is 46.7 Å². The number of aromatic nitrogens is 2. The summed E-state index contributed by atoms with van der Waals surface area (Å²) in [6.45, 7) is 8.62. The Balaban J connectivity index is 2.23. The molecule has 2 aliphatic rings. The van der Waals surface area contributed by atoms with Crippen LogP contribution >= 0.6 is 11.6 Å². The molecule has 0 amide bonds. The maximum atomic E-state index is 13.0. The number of halogens is 1. The summed E-state index contributed by atoms with van der Waals surface area (Å²) in [7, 11) is 0. The number of allylic oxidation sites excluding steroid dienone is 3. The van der Waals surface area contributed by atoms with Crippen LogP contribution in [0.3, 0.4) is 0 Å². The standard InChI is InChI=1S/C18H24ClN5O2/c1-4-23-17(22-8-6-7-9-22)15(18(26)24(23)5-2)21-12-10-11(3)16(25)13(19)14(12)20/h10H,4-9,20H2,1-3H3/b21-12-. The zero-order chi connectivity index (χ0) is 19.0. The van der Waals surface area contributed by atoms with Gasteiger partial charge in [-0.15, -0.1) is 0 Å². The van der Waals surface area contributed by atoms with E-state index in [4.69, 9.17) is 17.3 Å². The Morgan fingerprint density at radius 2 is 1.77 bits per heavy atom. The van der Waals surface area contributed by atoms with Gasteiger partial charge in [-0.2, -0.15) is 0 Å². The molecule has 1 aliphatic heterocycles. The Labute approximate surface area is 157 Å². The number of hydrogen-bond acceptors (Lipinski definition) is 5. The number of anilines is 1. The van der Waals surface area contributed by atoms with E-state index in [0.717, 1.165) is 31.7 Å². The summed E-state index contributed by atoms with van der Waals surface area (Å²) in [5, 5.41) is -0.0442. The molecule has 0 unspecified atom stereocenters. The van der Waals surface area contributed by atoms with Crippen molar-refractivity contribution in [2.24, 2.45) is 10.7 Å². The van der Waals surface area contributed by atoms with Crippen molar-refractivity contribution in [3.8, 4) is 0 Å². The highest BCUT2D eigenvalue weighted by molar-refractivity contribution is 6.49. The number of ketones is 1. The van der Waals surface area contributed by atoms with Crippen LogP contribution in [0, 0.1) is 0 Å². The molecule has 8 heteroatoms. The van der Waals surface area contributed by atoms with Gasteiger partial charge < -0.3 is 10.6 Å². The molecule has 0 bridgehead atoms. The van der Waals surface area contributed by atoms with Gasteiger partial charge in [-0.25, -0.2) is 9.67 Å².